The number of anilines is 1. The highest BCUT2D eigenvalue weighted by atomic mass is 16.5. The van der Waals surface area contributed by atoms with E-state index in [0.29, 0.717) is 6.04 Å². The lowest BCUT2D eigenvalue weighted by Gasteiger charge is -2.27. The van der Waals surface area contributed by atoms with Gasteiger partial charge in [-0.1, -0.05) is 36.4 Å². The topological polar surface area (TPSA) is 47.3 Å². The maximum Gasteiger partial charge on any atom is 0.124 e. The number of nitrogens with two attached hydrogens (primary N) is 1. The number of para-hydroxylation sites is 2. The van der Waals surface area contributed by atoms with E-state index in [1.807, 2.05) is 30.3 Å². The second kappa shape index (κ2) is 5.33. The number of fused-ring (bicyclic) bond motifs is 1. The van der Waals surface area contributed by atoms with E-state index in [1.54, 1.807) is 0 Å². The predicted molar refractivity (Wildman–Crippen MR) is 77.0 cm³/mol. The van der Waals surface area contributed by atoms with Gasteiger partial charge in [0.05, 0.1) is 6.61 Å². The fourth-order valence-corrected chi connectivity index (χ4v) is 2.48. The highest BCUT2D eigenvalue weighted by Gasteiger charge is 2.20. The van der Waals surface area contributed by atoms with Crippen molar-refractivity contribution in [1.82, 2.24) is 5.32 Å². The number of hydrogen-bond donors (Lipinski definition) is 2. The molecule has 19 heavy (non-hydrogen) atoms. The molecule has 0 aliphatic carbocycles. The van der Waals surface area contributed by atoms with Gasteiger partial charge in [0.15, 0.2) is 0 Å². The molecule has 3 N–H and O–H groups in total. The van der Waals surface area contributed by atoms with Crippen molar-refractivity contribution < 1.29 is 4.74 Å². The van der Waals surface area contributed by atoms with E-state index >= 15 is 0 Å². The van der Waals surface area contributed by atoms with Crippen molar-refractivity contribution >= 4 is 5.69 Å². The molecule has 1 heterocycles. The summed E-state index contributed by atoms with van der Waals surface area (Å²) in [5.74, 6) is 0.993. The van der Waals surface area contributed by atoms with Crippen LogP contribution in [0.4, 0.5) is 5.69 Å². The lowest BCUT2D eigenvalue weighted by molar-refractivity contribution is 0.252. The Labute approximate surface area is 113 Å². The zero-order valence-electron chi connectivity index (χ0n) is 10.8. The van der Waals surface area contributed by atoms with E-state index in [9.17, 15) is 0 Å². The molecule has 0 saturated heterocycles. The van der Waals surface area contributed by atoms with Crippen molar-refractivity contribution in [3.05, 3.63) is 59.7 Å². The molecule has 0 spiro atoms. The van der Waals surface area contributed by atoms with Crippen molar-refractivity contribution in [3.8, 4) is 5.75 Å². The lowest BCUT2D eigenvalue weighted by atomic mass is 10.00. The van der Waals surface area contributed by atoms with Gasteiger partial charge in [-0.2, -0.15) is 0 Å². The predicted octanol–water partition coefficient (Wildman–Crippen LogP) is 2.88. The van der Waals surface area contributed by atoms with Crippen LogP contribution < -0.4 is 15.8 Å². The minimum absolute atomic E-state index is 0.338. The number of hydrogen-bond acceptors (Lipinski definition) is 3. The Morgan fingerprint density at radius 2 is 1.89 bits per heavy atom. The molecule has 1 unspecified atom stereocenters. The summed E-state index contributed by atoms with van der Waals surface area (Å²) in [5.41, 5.74) is 9.19. The highest BCUT2D eigenvalue weighted by Crippen LogP contribution is 2.31. The summed E-state index contributed by atoms with van der Waals surface area (Å²) in [4.78, 5) is 0. The van der Waals surface area contributed by atoms with Gasteiger partial charge in [-0.15, -0.1) is 0 Å². The van der Waals surface area contributed by atoms with Gasteiger partial charge in [-0.25, -0.2) is 0 Å². The van der Waals surface area contributed by atoms with Gasteiger partial charge >= 0.3 is 0 Å². The first kappa shape index (κ1) is 12.1. The number of nitrogens with one attached hydrogen (secondary N) is 1. The zero-order valence-corrected chi connectivity index (χ0v) is 10.8. The van der Waals surface area contributed by atoms with E-state index in [-0.39, 0.29) is 0 Å². The van der Waals surface area contributed by atoms with Gasteiger partial charge in [0, 0.05) is 30.3 Å². The van der Waals surface area contributed by atoms with Crippen LogP contribution in [0.5, 0.6) is 5.75 Å². The Kier molecular flexibility index (Phi) is 3.38. The van der Waals surface area contributed by atoms with Crippen LogP contribution in [0.25, 0.3) is 0 Å². The normalized spacial score (nSPS) is 17.6. The summed E-state index contributed by atoms with van der Waals surface area (Å²) in [6, 6.07) is 16.5. The van der Waals surface area contributed by atoms with E-state index < -0.39 is 0 Å². The summed E-state index contributed by atoms with van der Waals surface area (Å²) in [6.45, 7) is 1.55. The molecule has 2 aromatic rings. The van der Waals surface area contributed by atoms with Gasteiger partial charge in [0.25, 0.3) is 0 Å². The minimum atomic E-state index is 0.338. The third-order valence-electron chi connectivity index (χ3n) is 3.55. The molecule has 0 aromatic heterocycles. The maximum absolute atomic E-state index is 5.97. The molecular formula is C16H18N2O. The molecule has 3 rings (SSSR count). The second-order valence-corrected chi connectivity index (χ2v) is 4.81. The molecule has 0 bridgehead atoms. The fraction of sp³-hybridized carbons (Fsp3) is 0.250. The van der Waals surface area contributed by atoms with Crippen molar-refractivity contribution in [2.75, 3.05) is 12.3 Å². The quantitative estimate of drug-likeness (QED) is 0.828. The number of rotatable bonds is 3. The van der Waals surface area contributed by atoms with Crippen molar-refractivity contribution in [3.63, 3.8) is 0 Å². The third-order valence-corrected chi connectivity index (χ3v) is 3.55. The summed E-state index contributed by atoms with van der Waals surface area (Å²) in [6.07, 6.45) is 0.990. The first-order chi connectivity index (χ1) is 9.34. The first-order valence-corrected chi connectivity index (χ1v) is 6.63. The standard InChI is InChI=1S/C16H18N2O/c17-14-7-3-1-5-12(14)11-18-15-9-10-19-16-8-4-2-6-13(15)16/h1-8,15,18H,9-11,17H2. The van der Waals surface area contributed by atoms with Crippen LogP contribution >= 0.6 is 0 Å². The van der Waals surface area contributed by atoms with Gasteiger partial charge < -0.3 is 15.8 Å². The van der Waals surface area contributed by atoms with Crippen LogP contribution in [-0.2, 0) is 6.54 Å². The van der Waals surface area contributed by atoms with Crippen molar-refractivity contribution in [1.29, 1.82) is 0 Å². The molecule has 98 valence electrons. The van der Waals surface area contributed by atoms with Crippen LogP contribution in [0.1, 0.15) is 23.6 Å². The van der Waals surface area contributed by atoms with Crippen LogP contribution in [-0.4, -0.2) is 6.61 Å². The number of benzene rings is 2. The molecule has 0 fully saturated rings. The molecule has 3 nitrogen and oxygen atoms in total. The zero-order chi connectivity index (χ0) is 13.1. The largest absolute Gasteiger partial charge is 0.493 e. The minimum Gasteiger partial charge on any atom is -0.493 e. The van der Waals surface area contributed by atoms with E-state index in [1.165, 1.54) is 5.56 Å². The molecule has 0 saturated carbocycles. The first-order valence-electron chi connectivity index (χ1n) is 6.63. The molecule has 2 aromatic carbocycles. The summed E-state index contributed by atoms with van der Waals surface area (Å²) in [7, 11) is 0. The van der Waals surface area contributed by atoms with E-state index in [4.69, 9.17) is 10.5 Å². The fourth-order valence-electron chi connectivity index (χ4n) is 2.48. The summed E-state index contributed by atoms with van der Waals surface area (Å²) < 4.78 is 5.66. The van der Waals surface area contributed by atoms with Crippen LogP contribution in [0.3, 0.4) is 0 Å². The Morgan fingerprint density at radius 3 is 2.79 bits per heavy atom. The Bertz CT molecular complexity index is 568. The molecule has 1 aliphatic heterocycles. The molecule has 0 amide bonds. The Morgan fingerprint density at radius 1 is 1.11 bits per heavy atom. The number of nitrogen functional groups attached to an aromatic ring is 1. The monoisotopic (exact) mass is 254 g/mol. The number of ether oxygens (including phenoxy) is 1. The molecule has 0 radical (unpaired) electrons. The second-order valence-electron chi connectivity index (χ2n) is 4.81. The smallest absolute Gasteiger partial charge is 0.124 e. The lowest BCUT2D eigenvalue weighted by Crippen LogP contribution is -2.27. The average Bonchev–Trinajstić information content (AvgIpc) is 2.46. The van der Waals surface area contributed by atoms with Gasteiger partial charge in [0.2, 0.25) is 0 Å². The third kappa shape index (κ3) is 2.56. The van der Waals surface area contributed by atoms with Gasteiger partial charge in [-0.3, -0.25) is 0 Å². The van der Waals surface area contributed by atoms with E-state index in [2.05, 4.69) is 23.5 Å². The van der Waals surface area contributed by atoms with Crippen LogP contribution in [0.2, 0.25) is 0 Å². The van der Waals surface area contributed by atoms with Gasteiger partial charge in [-0.05, 0) is 17.7 Å². The van der Waals surface area contributed by atoms with Crippen LogP contribution in [0, 0.1) is 0 Å². The molecule has 3 heteroatoms. The molecular weight excluding hydrogens is 236 g/mol. The highest BCUT2D eigenvalue weighted by molar-refractivity contribution is 5.46. The Balaban J connectivity index is 1.73. The summed E-state index contributed by atoms with van der Waals surface area (Å²) in [5, 5.41) is 3.57. The Hall–Kier alpha value is -2.00. The summed E-state index contributed by atoms with van der Waals surface area (Å²) >= 11 is 0. The van der Waals surface area contributed by atoms with E-state index in [0.717, 1.165) is 36.6 Å². The maximum atomic E-state index is 5.97. The van der Waals surface area contributed by atoms with Crippen LogP contribution in [0.15, 0.2) is 48.5 Å². The van der Waals surface area contributed by atoms with Gasteiger partial charge in [0.1, 0.15) is 5.75 Å². The molecule has 1 atom stereocenters. The van der Waals surface area contributed by atoms with Crippen molar-refractivity contribution in [2.45, 2.75) is 19.0 Å². The average molecular weight is 254 g/mol. The molecule has 1 aliphatic rings. The SMILES string of the molecule is Nc1ccccc1CNC1CCOc2ccccc21. The van der Waals surface area contributed by atoms with Crippen molar-refractivity contribution in [2.24, 2.45) is 0 Å².